The van der Waals surface area contributed by atoms with Crippen molar-refractivity contribution in [2.45, 2.75) is 33.5 Å². The number of carbonyl (C=O) groups excluding carboxylic acids is 1. The molecule has 0 saturated carbocycles. The standard InChI is InChI=1S/C31H29N5O2/c1-21-4-3-5-24(12-21)29-9-8-28-14-26(29)18-35-11-10-34(20-31(35)37)19-27-16-33-22(2)36(27)17-23-6-7-25(15-32)30(13-23)38-28/h3-9,12-14,16H,10-11,17-20H2,1-2H3. The number of amides is 1. The van der Waals surface area contributed by atoms with Crippen LogP contribution in [0.1, 0.15) is 33.8 Å². The second kappa shape index (κ2) is 9.81. The molecule has 0 radical (unpaired) electrons. The summed E-state index contributed by atoms with van der Waals surface area (Å²) in [5.74, 6) is 2.19. The molecule has 0 N–H and O–H groups in total. The largest absolute Gasteiger partial charge is 0.456 e. The molecule has 190 valence electrons. The Labute approximate surface area is 222 Å². The molecule has 6 bridgehead atoms. The van der Waals surface area contributed by atoms with Crippen LogP contribution in [0.5, 0.6) is 11.5 Å². The smallest absolute Gasteiger partial charge is 0.237 e. The maximum Gasteiger partial charge on any atom is 0.237 e. The number of imidazole rings is 1. The van der Waals surface area contributed by atoms with Gasteiger partial charge in [0.2, 0.25) is 5.91 Å². The van der Waals surface area contributed by atoms with Crippen LogP contribution in [0.25, 0.3) is 11.1 Å². The van der Waals surface area contributed by atoms with Crippen molar-refractivity contribution in [3.63, 3.8) is 0 Å². The van der Waals surface area contributed by atoms with Gasteiger partial charge in [-0.2, -0.15) is 5.26 Å². The molecule has 3 aromatic carbocycles. The van der Waals surface area contributed by atoms with Gasteiger partial charge in [-0.05, 0) is 60.4 Å². The van der Waals surface area contributed by atoms with Gasteiger partial charge in [-0.3, -0.25) is 9.69 Å². The Balaban J connectivity index is 1.47. The zero-order valence-electron chi connectivity index (χ0n) is 21.6. The average Bonchev–Trinajstić information content (AvgIpc) is 3.24. The fraction of sp³-hybridized carbons (Fsp3) is 0.258. The fourth-order valence-corrected chi connectivity index (χ4v) is 5.36. The number of nitriles is 1. The van der Waals surface area contributed by atoms with Gasteiger partial charge in [0.15, 0.2) is 0 Å². The normalized spacial score (nSPS) is 17.0. The highest BCUT2D eigenvalue weighted by atomic mass is 16.5. The van der Waals surface area contributed by atoms with Gasteiger partial charge in [-0.1, -0.05) is 42.0 Å². The molecule has 7 nitrogen and oxygen atoms in total. The summed E-state index contributed by atoms with van der Waals surface area (Å²) in [5.41, 5.74) is 6.94. The average molecular weight is 504 g/mol. The molecule has 1 fully saturated rings. The van der Waals surface area contributed by atoms with Crippen LogP contribution in [0.15, 0.2) is 66.9 Å². The number of carbonyl (C=O) groups is 1. The number of hydrogen-bond acceptors (Lipinski definition) is 5. The van der Waals surface area contributed by atoms with Gasteiger partial charge in [0.05, 0.1) is 17.8 Å². The topological polar surface area (TPSA) is 74.4 Å². The number of benzene rings is 3. The lowest BCUT2D eigenvalue weighted by Crippen LogP contribution is -2.49. The van der Waals surface area contributed by atoms with E-state index in [1.54, 1.807) is 0 Å². The minimum absolute atomic E-state index is 0.115. The highest BCUT2D eigenvalue weighted by Crippen LogP contribution is 2.33. The van der Waals surface area contributed by atoms with E-state index in [9.17, 15) is 10.1 Å². The molecule has 1 saturated heterocycles. The first-order chi connectivity index (χ1) is 18.5. The molecule has 0 aliphatic carbocycles. The highest BCUT2D eigenvalue weighted by Gasteiger charge is 2.26. The Bertz CT molecular complexity index is 1580. The lowest BCUT2D eigenvalue weighted by atomic mass is 9.97. The SMILES string of the molecule is Cc1cccc(-c2ccc3cc2CN2CCN(CC2=O)Cc2cnc(C)n2Cc2ccc(C#N)c(c2)O3)c1. The Kier molecular flexibility index (Phi) is 6.18. The number of aryl methyl sites for hydroxylation is 2. The van der Waals surface area contributed by atoms with Gasteiger partial charge in [0, 0.05) is 38.9 Å². The van der Waals surface area contributed by atoms with Gasteiger partial charge in [-0.25, -0.2) is 4.98 Å². The molecule has 1 amide bonds. The summed E-state index contributed by atoms with van der Waals surface area (Å²) in [4.78, 5) is 22.0. The van der Waals surface area contributed by atoms with Crippen LogP contribution in [-0.2, 0) is 24.4 Å². The third-order valence-corrected chi connectivity index (χ3v) is 7.42. The minimum Gasteiger partial charge on any atom is -0.456 e. The first kappa shape index (κ1) is 24.0. The van der Waals surface area contributed by atoms with Crippen molar-refractivity contribution in [3.8, 4) is 28.7 Å². The van der Waals surface area contributed by atoms with E-state index in [-0.39, 0.29) is 5.91 Å². The maximum absolute atomic E-state index is 13.3. The first-order valence-corrected chi connectivity index (χ1v) is 12.9. The predicted molar refractivity (Wildman–Crippen MR) is 145 cm³/mol. The van der Waals surface area contributed by atoms with E-state index in [0.717, 1.165) is 40.3 Å². The molecule has 0 spiro atoms. The fourth-order valence-electron chi connectivity index (χ4n) is 5.36. The molecule has 1 aromatic heterocycles. The molecular weight excluding hydrogens is 474 g/mol. The first-order valence-electron chi connectivity index (χ1n) is 12.9. The minimum atomic E-state index is 0.115. The van der Waals surface area contributed by atoms with Crippen molar-refractivity contribution in [2.24, 2.45) is 0 Å². The maximum atomic E-state index is 13.3. The summed E-state index contributed by atoms with van der Waals surface area (Å²) in [6, 6.07) is 22.4. The van der Waals surface area contributed by atoms with Crippen LogP contribution in [0.3, 0.4) is 0 Å². The molecule has 4 heterocycles. The van der Waals surface area contributed by atoms with Crippen LogP contribution >= 0.6 is 0 Å². The highest BCUT2D eigenvalue weighted by molar-refractivity contribution is 5.79. The number of piperazine rings is 1. The zero-order chi connectivity index (χ0) is 26.2. The monoisotopic (exact) mass is 503 g/mol. The molecule has 7 rings (SSSR count). The molecule has 4 aromatic rings. The van der Waals surface area contributed by atoms with Crippen LogP contribution < -0.4 is 4.74 Å². The number of rotatable bonds is 1. The zero-order valence-corrected chi connectivity index (χ0v) is 21.6. The van der Waals surface area contributed by atoms with Crippen LogP contribution in [0.4, 0.5) is 0 Å². The predicted octanol–water partition coefficient (Wildman–Crippen LogP) is 5.04. The molecule has 3 aliphatic heterocycles. The van der Waals surface area contributed by atoms with E-state index in [1.165, 1.54) is 5.56 Å². The van der Waals surface area contributed by atoms with Crippen molar-refractivity contribution in [1.29, 1.82) is 5.26 Å². The molecule has 1 atom stereocenters. The lowest BCUT2D eigenvalue weighted by molar-refractivity contribution is -0.136. The second-order valence-electron chi connectivity index (χ2n) is 10.1. The summed E-state index contributed by atoms with van der Waals surface area (Å²) in [6.45, 7) is 7.66. The van der Waals surface area contributed by atoms with Crippen molar-refractivity contribution >= 4 is 5.91 Å². The second-order valence-corrected chi connectivity index (χ2v) is 10.1. The van der Waals surface area contributed by atoms with E-state index in [2.05, 4.69) is 57.8 Å². The molecule has 38 heavy (non-hydrogen) atoms. The molecule has 1 unspecified atom stereocenters. The third-order valence-electron chi connectivity index (χ3n) is 7.42. The van der Waals surface area contributed by atoms with Crippen LogP contribution in [0, 0.1) is 25.2 Å². The van der Waals surface area contributed by atoms with E-state index in [0.29, 0.717) is 49.8 Å². The molecular formula is C31H29N5O2. The van der Waals surface area contributed by atoms with Crippen LogP contribution in [-0.4, -0.2) is 44.9 Å². The third kappa shape index (κ3) is 4.67. The van der Waals surface area contributed by atoms with Gasteiger partial charge in [0.25, 0.3) is 0 Å². The Hall–Kier alpha value is -4.41. The number of aromatic nitrogens is 2. The van der Waals surface area contributed by atoms with E-state index in [4.69, 9.17) is 4.74 Å². The lowest BCUT2D eigenvalue weighted by Gasteiger charge is -2.35. The van der Waals surface area contributed by atoms with E-state index < -0.39 is 0 Å². The quantitative estimate of drug-likeness (QED) is 0.364. The number of ether oxygens (including phenoxy) is 1. The number of fused-ring (bicyclic) bond motifs is 2. The van der Waals surface area contributed by atoms with Gasteiger partial charge < -0.3 is 14.2 Å². The van der Waals surface area contributed by atoms with Crippen molar-refractivity contribution in [1.82, 2.24) is 19.4 Å². The molecule has 7 heteroatoms. The van der Waals surface area contributed by atoms with E-state index >= 15 is 0 Å². The van der Waals surface area contributed by atoms with Crippen molar-refractivity contribution in [2.75, 3.05) is 19.6 Å². The van der Waals surface area contributed by atoms with Gasteiger partial charge >= 0.3 is 0 Å². The summed E-state index contributed by atoms with van der Waals surface area (Å²) >= 11 is 0. The summed E-state index contributed by atoms with van der Waals surface area (Å²) in [6.07, 6.45) is 1.90. The summed E-state index contributed by atoms with van der Waals surface area (Å²) < 4.78 is 8.51. The Morgan fingerprint density at radius 1 is 0.947 bits per heavy atom. The molecule has 3 aliphatic rings. The summed E-state index contributed by atoms with van der Waals surface area (Å²) in [7, 11) is 0. The summed E-state index contributed by atoms with van der Waals surface area (Å²) in [5, 5.41) is 9.77. The number of hydrogen-bond donors (Lipinski definition) is 0. The Morgan fingerprint density at radius 2 is 1.84 bits per heavy atom. The van der Waals surface area contributed by atoms with E-state index in [1.807, 2.05) is 48.4 Å². The number of nitrogens with zero attached hydrogens (tertiary/aromatic N) is 5. The van der Waals surface area contributed by atoms with Crippen LogP contribution in [0.2, 0.25) is 0 Å². The van der Waals surface area contributed by atoms with Gasteiger partial charge in [-0.15, -0.1) is 0 Å². The van der Waals surface area contributed by atoms with Crippen molar-refractivity contribution < 1.29 is 9.53 Å². The van der Waals surface area contributed by atoms with Crippen molar-refractivity contribution in [3.05, 3.63) is 101 Å². The van der Waals surface area contributed by atoms with Gasteiger partial charge in [0.1, 0.15) is 23.4 Å². The Morgan fingerprint density at radius 3 is 2.66 bits per heavy atom.